The summed E-state index contributed by atoms with van der Waals surface area (Å²) in [6, 6.07) is 93.3. The summed E-state index contributed by atoms with van der Waals surface area (Å²) in [6.45, 7) is 6.72. The molecule has 1 aliphatic rings. The highest BCUT2D eigenvalue weighted by molar-refractivity contribution is 6.17. The molecule has 12 aromatic rings. The molecular weight excluding hydrogens is 845 g/mol. The van der Waals surface area contributed by atoms with Gasteiger partial charge in [0.05, 0.1) is 22.4 Å². The molecule has 0 unspecified atom stereocenters. The van der Waals surface area contributed by atoms with E-state index in [0.717, 1.165) is 11.4 Å². The highest BCUT2D eigenvalue weighted by atomic mass is 15.0. The van der Waals surface area contributed by atoms with E-state index < -0.39 is 0 Å². The van der Waals surface area contributed by atoms with Crippen LogP contribution in [0, 0.1) is 0 Å². The molecule has 0 spiro atoms. The van der Waals surface area contributed by atoms with Crippen LogP contribution >= 0.6 is 0 Å². The Morgan fingerprint density at radius 1 is 0.257 bits per heavy atom. The maximum Gasteiger partial charge on any atom is 0.0625 e. The van der Waals surface area contributed by atoms with Gasteiger partial charge in [-0.15, -0.1) is 0 Å². The van der Waals surface area contributed by atoms with E-state index in [1.165, 1.54) is 111 Å². The molecule has 0 fully saturated rings. The van der Waals surface area contributed by atoms with Crippen molar-refractivity contribution in [3.8, 4) is 101 Å². The number of allylic oxidation sites excluding steroid dienone is 2. The third-order valence-electron chi connectivity index (χ3n) is 13.7. The first-order valence-electron chi connectivity index (χ1n) is 23.9. The van der Waals surface area contributed by atoms with E-state index >= 15 is 0 Å². The molecule has 2 heterocycles. The smallest absolute Gasteiger partial charge is 0.0625 e. The molecule has 2 aromatic heterocycles. The van der Waals surface area contributed by atoms with Crippen LogP contribution in [0.3, 0.4) is 0 Å². The normalized spacial score (nSPS) is 11.3. The number of nitrogens with zero attached hydrogens (tertiary/aromatic N) is 2. The van der Waals surface area contributed by atoms with Crippen LogP contribution in [0.1, 0.15) is 0 Å². The molecule has 0 amide bonds. The molecule has 2 heteroatoms. The van der Waals surface area contributed by atoms with Crippen molar-refractivity contribution in [2.75, 3.05) is 0 Å². The van der Waals surface area contributed by atoms with E-state index in [9.17, 15) is 0 Å². The van der Waals surface area contributed by atoms with Crippen molar-refractivity contribution in [2.24, 2.45) is 0 Å². The summed E-state index contributed by atoms with van der Waals surface area (Å²) in [5.41, 5.74) is 23.9. The molecule has 2 nitrogen and oxygen atoms in total. The number of hydrogen-bond donors (Lipinski definition) is 0. The maximum absolute atomic E-state index is 3.36. The fraction of sp³-hybridized carbons (Fsp3) is 0. The van der Waals surface area contributed by atoms with Crippen LogP contribution in [0.2, 0.25) is 0 Å². The first-order valence-corrected chi connectivity index (χ1v) is 23.9. The lowest BCUT2D eigenvalue weighted by Gasteiger charge is -2.23. The van der Waals surface area contributed by atoms with E-state index in [4.69, 9.17) is 0 Å². The van der Waals surface area contributed by atoms with E-state index in [1.54, 1.807) is 12.2 Å². The molecule has 0 radical (unpaired) electrons. The molecule has 330 valence electrons. The van der Waals surface area contributed by atoms with E-state index in [1.807, 2.05) is 0 Å². The van der Waals surface area contributed by atoms with E-state index in [-0.39, 0.29) is 0 Å². The van der Waals surface area contributed by atoms with Crippen molar-refractivity contribution in [1.82, 2.24) is 9.13 Å². The Balaban J connectivity index is 0.00000122. The number of para-hydroxylation sites is 2. The second kappa shape index (κ2) is 18.1. The lowest BCUT2D eigenvalue weighted by atomic mass is 9.84. The lowest BCUT2D eigenvalue weighted by molar-refractivity contribution is 1.13. The first-order chi connectivity index (χ1) is 34.7. The van der Waals surface area contributed by atoms with Gasteiger partial charge in [-0.2, -0.15) is 0 Å². The lowest BCUT2D eigenvalue weighted by Crippen LogP contribution is -2.03. The van der Waals surface area contributed by atoms with Crippen LogP contribution in [0.5, 0.6) is 0 Å². The van der Waals surface area contributed by atoms with Crippen LogP contribution in [0.25, 0.3) is 122 Å². The maximum atomic E-state index is 3.36. The molecule has 13 rings (SSSR count). The van der Waals surface area contributed by atoms with Crippen LogP contribution in [-0.4, -0.2) is 9.13 Å². The number of hydrogen-bond acceptors (Lipinski definition) is 0. The minimum atomic E-state index is 1.13. The molecule has 70 heavy (non-hydrogen) atoms. The van der Waals surface area contributed by atoms with Gasteiger partial charge in [0.2, 0.25) is 0 Å². The number of fused-ring (bicyclic) bond motifs is 12. The first kappa shape index (κ1) is 42.1. The molecule has 0 bridgehead atoms. The highest BCUT2D eigenvalue weighted by Crippen LogP contribution is 2.55. The van der Waals surface area contributed by atoms with Crippen molar-refractivity contribution in [3.05, 3.63) is 280 Å². The fourth-order valence-electron chi connectivity index (χ4n) is 10.5. The highest BCUT2D eigenvalue weighted by Gasteiger charge is 2.32. The summed E-state index contributed by atoms with van der Waals surface area (Å²) in [7, 11) is 0. The van der Waals surface area contributed by atoms with Gasteiger partial charge < -0.3 is 9.13 Å². The standard InChI is InChI=1S/C64H42N2.C4H6/c1-5-17-43(18-6-1)45-29-33-47(34-30-45)49-37-39-57-59(41-49)65(51-21-9-3-10-22-51)63-55-27-15-14-26-54(55)62-58-40-38-50(48-35-31-46(32-36-48)44-19-7-2-8-20-44)42-60(58)66(52-23-11-4-12-24-52)64(62)56-28-16-13-25-53(56)61(57)63;1-3-4-2/h1-42H;3-4H,1-2H2. The van der Waals surface area contributed by atoms with E-state index in [0.29, 0.717) is 0 Å². The fourth-order valence-corrected chi connectivity index (χ4v) is 10.5. The number of benzene rings is 10. The molecule has 0 atom stereocenters. The zero-order chi connectivity index (χ0) is 47.0. The third kappa shape index (κ3) is 7.31. The second-order valence-corrected chi connectivity index (χ2v) is 17.7. The topological polar surface area (TPSA) is 9.86 Å². The SMILES string of the molecule is C=CC=C.c1ccc(-c2ccc(-c3ccc4c5c(n(-c6ccccc6)c4c3)-c3ccccc3-c3c(n(-c4ccccc4)c4cc(-c6ccc(-c7ccccc7)cc6)ccc34)-c3ccccc3-5)cc2)cc1. The predicted octanol–water partition coefficient (Wildman–Crippen LogP) is 18.6. The number of aromatic nitrogens is 2. The van der Waals surface area contributed by atoms with Crippen LogP contribution < -0.4 is 0 Å². The van der Waals surface area contributed by atoms with Gasteiger partial charge >= 0.3 is 0 Å². The van der Waals surface area contributed by atoms with Crippen molar-refractivity contribution in [2.45, 2.75) is 0 Å². The summed E-state index contributed by atoms with van der Waals surface area (Å²) < 4.78 is 5.03. The molecule has 0 N–H and O–H groups in total. The Hall–Kier alpha value is -9.24. The largest absolute Gasteiger partial charge is 0.309 e. The van der Waals surface area contributed by atoms with Crippen molar-refractivity contribution < 1.29 is 0 Å². The molecule has 0 saturated carbocycles. The molecule has 10 aromatic carbocycles. The summed E-state index contributed by atoms with van der Waals surface area (Å²) in [5, 5.41) is 2.43. The van der Waals surface area contributed by atoms with Crippen LogP contribution in [-0.2, 0) is 0 Å². The Morgan fingerprint density at radius 3 is 0.871 bits per heavy atom. The summed E-state index contributed by atoms with van der Waals surface area (Å²) >= 11 is 0. The Labute approximate surface area is 409 Å². The van der Waals surface area contributed by atoms with Gasteiger partial charge in [0.25, 0.3) is 0 Å². The summed E-state index contributed by atoms with van der Waals surface area (Å²) in [6.07, 6.45) is 3.28. The second-order valence-electron chi connectivity index (χ2n) is 17.7. The summed E-state index contributed by atoms with van der Waals surface area (Å²) in [4.78, 5) is 0. The van der Waals surface area contributed by atoms with Gasteiger partial charge in [0, 0.05) is 44.4 Å². The molecule has 0 aliphatic heterocycles. The van der Waals surface area contributed by atoms with Crippen LogP contribution in [0.15, 0.2) is 280 Å². The van der Waals surface area contributed by atoms with Crippen molar-refractivity contribution in [3.63, 3.8) is 0 Å². The molecular formula is C68H48N2. The van der Waals surface area contributed by atoms with Gasteiger partial charge in [0.1, 0.15) is 0 Å². The average Bonchev–Trinajstić information content (AvgIpc) is 3.96. The Morgan fingerprint density at radius 2 is 0.529 bits per heavy atom. The zero-order valence-electron chi connectivity index (χ0n) is 38.7. The quantitative estimate of drug-likeness (QED) is 0.141. The minimum absolute atomic E-state index is 1.13. The van der Waals surface area contributed by atoms with Gasteiger partial charge in [-0.25, -0.2) is 0 Å². The van der Waals surface area contributed by atoms with Crippen LogP contribution in [0.4, 0.5) is 0 Å². The summed E-state index contributed by atoms with van der Waals surface area (Å²) in [5.74, 6) is 0. The number of rotatable bonds is 7. The van der Waals surface area contributed by atoms with Gasteiger partial charge in [-0.05, 0) is 92.0 Å². The average molecular weight is 893 g/mol. The monoisotopic (exact) mass is 892 g/mol. The van der Waals surface area contributed by atoms with Crippen molar-refractivity contribution in [1.29, 1.82) is 0 Å². The third-order valence-corrected chi connectivity index (χ3v) is 13.7. The zero-order valence-corrected chi connectivity index (χ0v) is 38.7. The van der Waals surface area contributed by atoms with Crippen molar-refractivity contribution >= 4 is 21.8 Å². The van der Waals surface area contributed by atoms with E-state index in [2.05, 4.69) is 277 Å². The minimum Gasteiger partial charge on any atom is -0.309 e. The Kier molecular flexibility index (Phi) is 10.9. The molecule has 1 aliphatic carbocycles. The van der Waals surface area contributed by atoms with Gasteiger partial charge in [-0.1, -0.05) is 244 Å². The molecule has 0 saturated heterocycles. The van der Waals surface area contributed by atoms with Gasteiger partial charge in [-0.3, -0.25) is 0 Å². The van der Waals surface area contributed by atoms with Gasteiger partial charge in [0.15, 0.2) is 0 Å². The predicted molar refractivity (Wildman–Crippen MR) is 298 cm³/mol. The Bertz CT molecular complexity index is 3600.